The number of primary amides is 1. The number of hydrogen-bond donors (Lipinski definition) is 2. The monoisotopic (exact) mass is 469 g/mol. The second kappa shape index (κ2) is 9.82. The van der Waals surface area contributed by atoms with E-state index in [9.17, 15) is 18.8 Å². The molecule has 4 amide bonds. The van der Waals surface area contributed by atoms with Crippen LogP contribution in [0.15, 0.2) is 18.2 Å². The molecule has 2 aliphatic heterocycles. The first-order chi connectivity index (χ1) is 15.0. The van der Waals surface area contributed by atoms with E-state index in [1.54, 1.807) is 0 Å². The lowest BCUT2D eigenvalue weighted by molar-refractivity contribution is 0.132. The number of piperazine rings is 1. The highest BCUT2D eigenvalue weighted by Gasteiger charge is 2.36. The van der Waals surface area contributed by atoms with Crippen LogP contribution >= 0.6 is 11.9 Å². The maximum Gasteiger partial charge on any atom is 0.415 e. The molecule has 1 aromatic carbocycles. The smallest absolute Gasteiger partial charge is 0.415 e. The van der Waals surface area contributed by atoms with Crippen LogP contribution in [-0.4, -0.2) is 77.5 Å². The standard InChI is InChI=1S/C20H28FN5O5S/c1-20(2,3)32-26(17(22)27)12-14-11-25(19(29)30-14)13-4-5-16(15(21)10-13)31-18(28)24-8-6-23-7-9-24/h4-5,10,14,23H,6-9,11-12H2,1-3H3,(H2,22,27). The van der Waals surface area contributed by atoms with Crippen molar-refractivity contribution in [1.82, 2.24) is 14.5 Å². The summed E-state index contributed by atoms with van der Waals surface area (Å²) in [4.78, 5) is 39.0. The number of rotatable bonds is 5. The summed E-state index contributed by atoms with van der Waals surface area (Å²) < 4.78 is 26.2. The predicted octanol–water partition coefficient (Wildman–Crippen LogP) is 2.38. The predicted molar refractivity (Wildman–Crippen MR) is 118 cm³/mol. The van der Waals surface area contributed by atoms with E-state index in [-0.39, 0.29) is 29.3 Å². The molecule has 0 aliphatic carbocycles. The van der Waals surface area contributed by atoms with Crippen LogP contribution in [0.3, 0.4) is 0 Å². The van der Waals surface area contributed by atoms with Crippen LogP contribution in [0.1, 0.15) is 20.8 Å². The van der Waals surface area contributed by atoms with Crippen molar-refractivity contribution >= 4 is 35.9 Å². The molecule has 2 fully saturated rings. The largest absolute Gasteiger partial charge is 0.442 e. The molecule has 1 aromatic rings. The van der Waals surface area contributed by atoms with Crippen LogP contribution in [-0.2, 0) is 4.74 Å². The number of carbonyl (C=O) groups excluding carboxylic acids is 3. The van der Waals surface area contributed by atoms with Crippen molar-refractivity contribution in [2.45, 2.75) is 31.6 Å². The van der Waals surface area contributed by atoms with E-state index >= 15 is 0 Å². The van der Waals surface area contributed by atoms with Crippen LogP contribution < -0.4 is 20.7 Å². The van der Waals surface area contributed by atoms with E-state index in [2.05, 4.69) is 5.32 Å². The number of nitrogens with one attached hydrogen (secondary N) is 1. The third kappa shape index (κ3) is 6.16. The lowest BCUT2D eigenvalue weighted by Crippen LogP contribution is -2.47. The van der Waals surface area contributed by atoms with Crippen LogP contribution in [0.5, 0.6) is 5.75 Å². The van der Waals surface area contributed by atoms with Gasteiger partial charge in [-0.05, 0) is 44.9 Å². The van der Waals surface area contributed by atoms with Gasteiger partial charge in [-0.1, -0.05) is 0 Å². The van der Waals surface area contributed by atoms with Crippen LogP contribution in [0.2, 0.25) is 0 Å². The summed E-state index contributed by atoms with van der Waals surface area (Å²) in [6.45, 7) is 8.27. The summed E-state index contributed by atoms with van der Waals surface area (Å²) in [5.41, 5.74) is 5.70. The SMILES string of the molecule is CC(C)(C)SN(CC1CN(c2ccc(OC(=O)N3CCNCC3)c(F)c2)C(=O)O1)C(N)=O. The van der Waals surface area contributed by atoms with Crippen molar-refractivity contribution in [3.63, 3.8) is 0 Å². The third-order valence-electron chi connectivity index (χ3n) is 4.67. The van der Waals surface area contributed by atoms with E-state index in [1.165, 1.54) is 38.2 Å². The molecular formula is C20H28FN5O5S. The second-order valence-electron chi connectivity index (χ2n) is 8.44. The lowest BCUT2D eigenvalue weighted by Gasteiger charge is -2.28. The van der Waals surface area contributed by atoms with E-state index in [0.717, 1.165) is 6.07 Å². The Kier molecular flexibility index (Phi) is 7.34. The highest BCUT2D eigenvalue weighted by atomic mass is 32.2. The van der Waals surface area contributed by atoms with Gasteiger partial charge in [0.15, 0.2) is 11.6 Å². The fraction of sp³-hybridized carbons (Fsp3) is 0.550. The Bertz CT molecular complexity index is 874. The molecule has 2 heterocycles. The quantitative estimate of drug-likeness (QED) is 0.636. The number of urea groups is 1. The van der Waals surface area contributed by atoms with Gasteiger partial charge in [0.25, 0.3) is 0 Å². The number of halogens is 1. The molecule has 1 unspecified atom stereocenters. The molecule has 2 saturated heterocycles. The van der Waals surface area contributed by atoms with Gasteiger partial charge < -0.3 is 25.4 Å². The number of anilines is 1. The number of amides is 4. The first-order valence-electron chi connectivity index (χ1n) is 10.2. The fourth-order valence-electron chi connectivity index (χ4n) is 3.26. The van der Waals surface area contributed by atoms with Crippen molar-refractivity contribution in [2.75, 3.05) is 44.2 Å². The number of benzene rings is 1. The van der Waals surface area contributed by atoms with Crippen molar-refractivity contribution < 1.29 is 28.2 Å². The van der Waals surface area contributed by atoms with Gasteiger partial charge in [0.1, 0.15) is 6.10 Å². The van der Waals surface area contributed by atoms with Crippen molar-refractivity contribution in [1.29, 1.82) is 0 Å². The van der Waals surface area contributed by atoms with Crippen LogP contribution in [0.4, 0.5) is 24.5 Å². The highest BCUT2D eigenvalue weighted by Crippen LogP contribution is 2.31. The molecule has 0 saturated carbocycles. The van der Waals surface area contributed by atoms with Gasteiger partial charge in [0, 0.05) is 37.0 Å². The first-order valence-corrected chi connectivity index (χ1v) is 11.0. The van der Waals surface area contributed by atoms with Gasteiger partial charge in [0.05, 0.1) is 18.8 Å². The van der Waals surface area contributed by atoms with E-state index in [1.807, 2.05) is 20.8 Å². The van der Waals surface area contributed by atoms with Gasteiger partial charge in [-0.15, -0.1) is 0 Å². The molecule has 32 heavy (non-hydrogen) atoms. The van der Waals surface area contributed by atoms with E-state index in [4.69, 9.17) is 15.2 Å². The topological polar surface area (TPSA) is 117 Å². The second-order valence-corrected chi connectivity index (χ2v) is 10.3. The molecular weight excluding hydrogens is 441 g/mol. The van der Waals surface area contributed by atoms with Crippen molar-refractivity contribution in [2.24, 2.45) is 5.73 Å². The normalized spacial score (nSPS) is 19.0. The zero-order valence-corrected chi connectivity index (χ0v) is 19.1. The summed E-state index contributed by atoms with van der Waals surface area (Å²) in [5, 5.41) is 3.12. The number of ether oxygens (including phenoxy) is 2. The van der Waals surface area contributed by atoms with Gasteiger partial charge in [-0.25, -0.2) is 18.8 Å². The number of nitrogens with two attached hydrogens (primary N) is 1. The Labute approximate surface area is 190 Å². The summed E-state index contributed by atoms with van der Waals surface area (Å²) in [7, 11) is 0. The molecule has 0 aromatic heterocycles. The number of carbonyl (C=O) groups is 3. The number of hydrogen-bond acceptors (Lipinski definition) is 7. The first kappa shape index (κ1) is 23.9. The third-order valence-corrected chi connectivity index (χ3v) is 5.77. The number of nitrogens with zero attached hydrogens (tertiary/aromatic N) is 3. The maximum absolute atomic E-state index is 14.6. The summed E-state index contributed by atoms with van der Waals surface area (Å²) >= 11 is 1.25. The van der Waals surface area contributed by atoms with Crippen LogP contribution in [0.25, 0.3) is 0 Å². The van der Waals surface area contributed by atoms with Gasteiger partial charge in [-0.2, -0.15) is 0 Å². The van der Waals surface area contributed by atoms with Crippen molar-refractivity contribution in [3.8, 4) is 5.75 Å². The zero-order valence-electron chi connectivity index (χ0n) is 18.3. The summed E-state index contributed by atoms with van der Waals surface area (Å²) in [5.74, 6) is -0.993. The molecule has 10 nitrogen and oxygen atoms in total. The fourth-order valence-corrected chi connectivity index (χ4v) is 4.25. The van der Waals surface area contributed by atoms with Gasteiger partial charge in [0.2, 0.25) is 0 Å². The summed E-state index contributed by atoms with van der Waals surface area (Å²) in [6.07, 6.45) is -1.91. The Hall–Kier alpha value is -2.73. The Balaban J connectivity index is 1.64. The van der Waals surface area contributed by atoms with E-state index in [0.29, 0.717) is 26.2 Å². The molecule has 176 valence electrons. The Morgan fingerprint density at radius 3 is 2.62 bits per heavy atom. The molecule has 2 aliphatic rings. The highest BCUT2D eigenvalue weighted by molar-refractivity contribution is 7.98. The molecule has 0 spiro atoms. The molecule has 3 N–H and O–H groups in total. The number of cyclic esters (lactones) is 1. The average Bonchev–Trinajstić information content (AvgIpc) is 3.08. The molecule has 0 bridgehead atoms. The molecule has 1 atom stereocenters. The van der Waals surface area contributed by atoms with Gasteiger partial charge in [-0.3, -0.25) is 9.21 Å². The van der Waals surface area contributed by atoms with E-state index < -0.39 is 30.1 Å². The minimum Gasteiger partial charge on any atom is -0.442 e. The maximum atomic E-state index is 14.6. The minimum atomic E-state index is -0.774. The lowest BCUT2D eigenvalue weighted by atomic mass is 10.2. The Morgan fingerprint density at radius 2 is 2.03 bits per heavy atom. The summed E-state index contributed by atoms with van der Waals surface area (Å²) in [6, 6.07) is 3.25. The van der Waals surface area contributed by atoms with Crippen LogP contribution in [0, 0.1) is 5.82 Å². The van der Waals surface area contributed by atoms with Crippen molar-refractivity contribution in [3.05, 3.63) is 24.0 Å². The zero-order chi connectivity index (χ0) is 23.5. The Morgan fingerprint density at radius 1 is 1.34 bits per heavy atom. The molecule has 0 radical (unpaired) electrons. The molecule has 12 heteroatoms. The van der Waals surface area contributed by atoms with Gasteiger partial charge >= 0.3 is 18.2 Å². The minimum absolute atomic E-state index is 0.0996. The average molecular weight is 470 g/mol. The molecule has 3 rings (SSSR count).